The lowest BCUT2D eigenvalue weighted by atomic mass is 10.1. The molecule has 45 heavy (non-hydrogen) atoms. The van der Waals surface area contributed by atoms with Crippen LogP contribution >= 0.6 is 0 Å². The van der Waals surface area contributed by atoms with Crippen molar-refractivity contribution in [1.29, 1.82) is 0 Å². The second kappa shape index (κ2) is 13.4. The van der Waals surface area contributed by atoms with Crippen LogP contribution in [0.1, 0.15) is 39.0 Å². The van der Waals surface area contributed by atoms with Gasteiger partial charge in [0.05, 0.1) is 28.3 Å². The van der Waals surface area contributed by atoms with Gasteiger partial charge in [0, 0.05) is 12.5 Å². The minimum Gasteiger partial charge on any atom is -0.569 e. The van der Waals surface area contributed by atoms with Crippen molar-refractivity contribution >= 4 is 22.1 Å². The molecule has 1 amide bonds. The topological polar surface area (TPSA) is 167 Å². The first-order valence-electron chi connectivity index (χ1n) is 13.1. The maximum atomic E-state index is 13.5. The second-order valence-corrected chi connectivity index (χ2v) is 12.3. The molecule has 1 heterocycles. The number of benzene rings is 2. The predicted molar refractivity (Wildman–Crippen MR) is 151 cm³/mol. The molecule has 0 saturated carbocycles. The number of hydrogen-bond donors (Lipinski definition) is 1. The summed E-state index contributed by atoms with van der Waals surface area (Å²) < 4.78 is 78.5. The third-order valence-corrected chi connectivity index (χ3v) is 6.96. The number of nitrogens with zero attached hydrogens (tertiary/aromatic N) is 5. The number of amides is 1. The Labute approximate surface area is 256 Å². The fraction of sp³-hybridized carbons (Fsp3) is 0.370. The van der Waals surface area contributed by atoms with E-state index < -0.39 is 52.4 Å². The maximum absolute atomic E-state index is 13.5. The fourth-order valence-electron chi connectivity index (χ4n) is 3.52. The molecule has 0 radical (unpaired) electrons. The fourth-order valence-corrected chi connectivity index (χ4v) is 4.50. The molecule has 0 aliphatic carbocycles. The second-order valence-electron chi connectivity index (χ2n) is 10.6. The van der Waals surface area contributed by atoms with Gasteiger partial charge in [0.25, 0.3) is 22.2 Å². The molecular formula is C27H31F3N6O8S. The summed E-state index contributed by atoms with van der Waals surface area (Å²) in [6, 6.07) is 12.2. The Bertz CT molecular complexity index is 1650. The number of hydrogen-bond acceptors (Lipinski definition) is 10. The lowest BCUT2D eigenvalue weighted by Gasteiger charge is -2.20. The summed E-state index contributed by atoms with van der Waals surface area (Å²) in [6.45, 7) is 7.11. The van der Waals surface area contributed by atoms with E-state index in [0.717, 1.165) is 35.5 Å². The Morgan fingerprint density at radius 3 is 2.27 bits per heavy atom. The normalized spacial score (nSPS) is 13.1. The van der Waals surface area contributed by atoms with Gasteiger partial charge in [0.1, 0.15) is 5.60 Å². The number of likely N-dealkylation sites (N-methyl/N-ethyl adjacent to an activating group) is 1. The highest BCUT2D eigenvalue weighted by Gasteiger charge is 2.35. The van der Waals surface area contributed by atoms with Crippen LogP contribution in [0.3, 0.4) is 0 Å². The van der Waals surface area contributed by atoms with Crippen molar-refractivity contribution in [2.75, 3.05) is 13.6 Å². The standard InChI is InChI=1S/C27H31F3N6O8S/c1-17-7-9-19(10-8-17)22-15-23(27(28,29)30)31-35(22)20-11-13-21(14-12-20)45(40,41)32-24(37)16-34(6)36(39)33-44-18(2)42-25(38)43-26(3,4)5/h7-15,18H,16H2,1-6H3,(H,32,37)/b36-33-. The number of alkyl halides is 3. The first-order chi connectivity index (χ1) is 20.7. The smallest absolute Gasteiger partial charge is 0.511 e. The molecule has 1 aromatic heterocycles. The Hall–Kier alpha value is -4.87. The van der Waals surface area contributed by atoms with E-state index in [1.807, 2.05) is 6.92 Å². The number of carbonyl (C=O) groups excluding carboxylic acids is 2. The molecule has 3 aromatic rings. The Morgan fingerprint density at radius 2 is 1.71 bits per heavy atom. The van der Waals surface area contributed by atoms with Gasteiger partial charge in [-0.15, -0.1) is 5.01 Å². The average Bonchev–Trinajstić information content (AvgIpc) is 3.37. The van der Waals surface area contributed by atoms with Gasteiger partial charge < -0.3 is 14.7 Å². The van der Waals surface area contributed by atoms with Gasteiger partial charge >= 0.3 is 12.3 Å². The van der Waals surface area contributed by atoms with E-state index in [2.05, 4.69) is 10.4 Å². The average molecular weight is 657 g/mol. The van der Waals surface area contributed by atoms with Crippen LogP contribution in [0, 0.1) is 12.1 Å². The lowest BCUT2D eigenvalue weighted by molar-refractivity contribution is -0.705. The number of aryl methyl sites for hydroxylation is 1. The highest BCUT2D eigenvalue weighted by molar-refractivity contribution is 7.90. The van der Waals surface area contributed by atoms with Crippen molar-refractivity contribution in [1.82, 2.24) is 19.5 Å². The zero-order chi connectivity index (χ0) is 33.7. The molecular weight excluding hydrogens is 625 g/mol. The van der Waals surface area contributed by atoms with Crippen LogP contribution in [0.15, 0.2) is 64.8 Å². The molecule has 14 nitrogen and oxygen atoms in total. The summed E-state index contributed by atoms with van der Waals surface area (Å²) in [5.74, 6) is -1.13. The van der Waals surface area contributed by atoms with Crippen molar-refractivity contribution in [3.63, 3.8) is 0 Å². The predicted octanol–water partition coefficient (Wildman–Crippen LogP) is 4.71. The van der Waals surface area contributed by atoms with E-state index in [1.54, 1.807) is 49.8 Å². The molecule has 3 rings (SSSR count). The summed E-state index contributed by atoms with van der Waals surface area (Å²) in [7, 11) is -3.36. The van der Waals surface area contributed by atoms with Gasteiger partial charge in [0.15, 0.2) is 12.2 Å². The Kier molecular flexibility index (Phi) is 10.3. The first kappa shape index (κ1) is 34.6. The SMILES string of the molecule is Cc1ccc(-c2cc(C(F)(F)F)nn2-c2ccc(S(=O)(=O)NC(=O)CN(C)/[N+]([O-])=N/OC(C)OC(=O)OC(C)(C)C)cc2)cc1. The molecule has 0 aliphatic rings. The van der Waals surface area contributed by atoms with Crippen molar-refractivity contribution in [3.05, 3.63) is 71.1 Å². The van der Waals surface area contributed by atoms with E-state index in [4.69, 9.17) is 14.3 Å². The van der Waals surface area contributed by atoms with Crippen molar-refractivity contribution in [2.24, 2.45) is 5.28 Å². The third kappa shape index (κ3) is 9.82. The van der Waals surface area contributed by atoms with E-state index in [0.29, 0.717) is 10.6 Å². The number of hydrazine groups is 1. The van der Waals surface area contributed by atoms with Crippen LogP contribution in [-0.2, 0) is 35.3 Å². The number of carbonyl (C=O) groups is 2. The summed E-state index contributed by atoms with van der Waals surface area (Å²) in [5.41, 5.74) is -0.378. The monoisotopic (exact) mass is 656 g/mol. The molecule has 0 bridgehead atoms. The molecule has 2 aromatic carbocycles. The van der Waals surface area contributed by atoms with E-state index in [9.17, 15) is 36.4 Å². The van der Waals surface area contributed by atoms with E-state index in [1.165, 1.54) is 19.1 Å². The maximum Gasteiger partial charge on any atom is 0.511 e. The molecule has 0 spiro atoms. The summed E-state index contributed by atoms with van der Waals surface area (Å²) in [6.07, 6.45) is -7.14. The number of ether oxygens (including phenoxy) is 2. The largest absolute Gasteiger partial charge is 0.569 e. The van der Waals surface area contributed by atoms with Gasteiger partial charge in [-0.25, -0.2) is 22.6 Å². The van der Waals surface area contributed by atoms with Crippen LogP contribution in [-0.4, -0.2) is 65.7 Å². The van der Waals surface area contributed by atoms with E-state index >= 15 is 0 Å². The van der Waals surface area contributed by atoms with Crippen LogP contribution < -0.4 is 4.72 Å². The van der Waals surface area contributed by atoms with Gasteiger partial charge in [0.2, 0.25) is 5.28 Å². The van der Waals surface area contributed by atoms with Gasteiger partial charge in [-0.3, -0.25) is 9.63 Å². The van der Waals surface area contributed by atoms with Gasteiger partial charge in [-0.05, 0) is 58.0 Å². The molecule has 1 N–H and O–H groups in total. The van der Waals surface area contributed by atoms with Gasteiger partial charge in [-0.1, -0.05) is 29.8 Å². The lowest BCUT2D eigenvalue weighted by Crippen LogP contribution is -2.41. The number of nitrogens with one attached hydrogen (secondary N) is 1. The molecule has 244 valence electrons. The van der Waals surface area contributed by atoms with Crippen molar-refractivity contribution < 1.29 is 50.5 Å². The van der Waals surface area contributed by atoms with Gasteiger partial charge in [-0.2, -0.15) is 18.3 Å². The van der Waals surface area contributed by atoms with Crippen LogP contribution in [0.2, 0.25) is 0 Å². The summed E-state index contributed by atoms with van der Waals surface area (Å²) in [5, 5.41) is 19.5. The molecule has 18 heteroatoms. The molecule has 0 aliphatic heterocycles. The van der Waals surface area contributed by atoms with Crippen LogP contribution in [0.4, 0.5) is 18.0 Å². The minimum absolute atomic E-state index is 0.122. The van der Waals surface area contributed by atoms with E-state index in [-0.39, 0.29) is 21.2 Å². The Morgan fingerprint density at radius 1 is 1.11 bits per heavy atom. The molecule has 0 fully saturated rings. The Balaban J connectivity index is 1.68. The summed E-state index contributed by atoms with van der Waals surface area (Å²) in [4.78, 5) is 28.2. The number of rotatable bonds is 10. The summed E-state index contributed by atoms with van der Waals surface area (Å²) >= 11 is 0. The van der Waals surface area contributed by atoms with Crippen LogP contribution in [0.25, 0.3) is 16.9 Å². The first-order valence-corrected chi connectivity index (χ1v) is 14.6. The quantitative estimate of drug-likeness (QED) is 0.106. The molecule has 0 saturated heterocycles. The number of aromatic nitrogens is 2. The third-order valence-electron chi connectivity index (χ3n) is 5.57. The number of sulfonamides is 1. The zero-order valence-corrected chi connectivity index (χ0v) is 25.8. The number of halogens is 3. The van der Waals surface area contributed by atoms with Crippen molar-refractivity contribution in [3.8, 4) is 16.9 Å². The highest BCUT2D eigenvalue weighted by Crippen LogP contribution is 2.33. The van der Waals surface area contributed by atoms with Crippen LogP contribution in [0.5, 0.6) is 0 Å². The molecule has 1 unspecified atom stereocenters. The zero-order valence-electron chi connectivity index (χ0n) is 25.0. The highest BCUT2D eigenvalue weighted by atomic mass is 32.2. The minimum atomic E-state index is -4.73. The molecule has 1 atom stereocenters. The van der Waals surface area contributed by atoms with Crippen molar-refractivity contribution in [2.45, 2.75) is 57.6 Å².